The van der Waals surface area contributed by atoms with Crippen LogP contribution in [-0.4, -0.2) is 37.0 Å². The molecule has 1 unspecified atom stereocenters. The summed E-state index contributed by atoms with van der Waals surface area (Å²) in [6.45, 7) is 5.27. The molecule has 0 aromatic heterocycles. The lowest BCUT2D eigenvalue weighted by molar-refractivity contribution is -0.154. The van der Waals surface area contributed by atoms with Crippen molar-refractivity contribution in [2.24, 2.45) is 0 Å². The fraction of sp³-hybridized carbons (Fsp3) is 0.962. The van der Waals surface area contributed by atoms with Gasteiger partial charge in [-0.3, -0.25) is 4.79 Å². The van der Waals surface area contributed by atoms with Gasteiger partial charge >= 0.3 is 5.97 Å². The first-order chi connectivity index (χ1) is 14.7. The Labute approximate surface area is 187 Å². The third-order valence-corrected chi connectivity index (χ3v) is 5.68. The fourth-order valence-corrected chi connectivity index (χ4v) is 3.68. The average Bonchev–Trinajstić information content (AvgIpc) is 2.75. The molecule has 0 heterocycles. The maximum atomic E-state index is 11.8. The molecule has 0 radical (unpaired) electrons. The summed E-state index contributed by atoms with van der Waals surface area (Å²) in [6, 6.07) is 0. The van der Waals surface area contributed by atoms with Gasteiger partial charge in [0.05, 0.1) is 13.2 Å². The van der Waals surface area contributed by atoms with Crippen molar-refractivity contribution in [1.82, 2.24) is 0 Å². The van der Waals surface area contributed by atoms with Crippen molar-refractivity contribution in [3.8, 4) is 0 Å². The molecule has 0 saturated heterocycles. The lowest BCUT2D eigenvalue weighted by atomic mass is 10.0. The summed E-state index contributed by atoms with van der Waals surface area (Å²) in [5.41, 5.74) is 0. The highest BCUT2D eigenvalue weighted by atomic mass is 16.6. The molecule has 4 heteroatoms. The smallest absolute Gasteiger partial charge is 0.306 e. The van der Waals surface area contributed by atoms with E-state index in [0.29, 0.717) is 19.6 Å². The van der Waals surface area contributed by atoms with E-state index in [0.717, 1.165) is 19.3 Å². The van der Waals surface area contributed by atoms with E-state index < -0.39 is 6.10 Å². The summed E-state index contributed by atoms with van der Waals surface area (Å²) in [6.07, 6.45) is 22.8. The molecule has 1 N–H and O–H groups in total. The van der Waals surface area contributed by atoms with Crippen molar-refractivity contribution < 1.29 is 19.4 Å². The molecule has 30 heavy (non-hydrogen) atoms. The molecule has 4 nitrogen and oxygen atoms in total. The molecule has 0 aliphatic rings. The minimum atomic E-state index is -0.518. The van der Waals surface area contributed by atoms with Gasteiger partial charge in [-0.25, -0.2) is 0 Å². The largest absolute Gasteiger partial charge is 0.457 e. The van der Waals surface area contributed by atoms with Crippen LogP contribution in [0.2, 0.25) is 0 Å². The monoisotopic (exact) mass is 428 g/mol. The van der Waals surface area contributed by atoms with Crippen LogP contribution in [0.25, 0.3) is 0 Å². The topological polar surface area (TPSA) is 55.8 Å². The molecule has 180 valence electrons. The van der Waals surface area contributed by atoms with E-state index in [-0.39, 0.29) is 12.6 Å². The van der Waals surface area contributed by atoms with Crippen LogP contribution >= 0.6 is 0 Å². The van der Waals surface area contributed by atoms with Crippen molar-refractivity contribution in [2.75, 3.05) is 19.8 Å². The Kier molecular flexibility index (Phi) is 24.2. The van der Waals surface area contributed by atoms with E-state index in [9.17, 15) is 9.90 Å². The predicted molar refractivity (Wildman–Crippen MR) is 127 cm³/mol. The summed E-state index contributed by atoms with van der Waals surface area (Å²) < 4.78 is 10.9. The van der Waals surface area contributed by atoms with Crippen molar-refractivity contribution in [3.05, 3.63) is 0 Å². The molecule has 1 atom stereocenters. The average molecular weight is 429 g/mol. The van der Waals surface area contributed by atoms with E-state index in [4.69, 9.17) is 9.47 Å². The molecule has 0 amide bonds. The second kappa shape index (κ2) is 24.7. The summed E-state index contributed by atoms with van der Waals surface area (Å²) >= 11 is 0. The number of aliphatic hydroxyl groups excluding tert-OH is 1. The first kappa shape index (κ1) is 29.4. The minimum absolute atomic E-state index is 0.166. The second-order valence-corrected chi connectivity index (χ2v) is 8.78. The number of aliphatic hydroxyl groups is 1. The van der Waals surface area contributed by atoms with Crippen LogP contribution in [0.5, 0.6) is 0 Å². The predicted octanol–water partition coefficient (Wildman–Crippen LogP) is 7.36. The molecule has 0 fully saturated rings. The highest BCUT2D eigenvalue weighted by molar-refractivity contribution is 5.69. The second-order valence-electron chi connectivity index (χ2n) is 8.78. The molecule has 0 saturated carbocycles. The Morgan fingerprint density at radius 1 is 0.667 bits per heavy atom. The Balaban J connectivity index is 3.37. The molecular weight excluding hydrogens is 376 g/mol. The number of hydrogen-bond acceptors (Lipinski definition) is 4. The van der Waals surface area contributed by atoms with Gasteiger partial charge in [0.15, 0.2) is 0 Å². The van der Waals surface area contributed by atoms with E-state index in [1.54, 1.807) is 0 Å². The van der Waals surface area contributed by atoms with Crippen molar-refractivity contribution in [3.63, 3.8) is 0 Å². The van der Waals surface area contributed by atoms with Crippen LogP contribution in [0.1, 0.15) is 136 Å². The Morgan fingerprint density at radius 3 is 1.57 bits per heavy atom. The number of esters is 1. The van der Waals surface area contributed by atoms with Gasteiger partial charge in [0.2, 0.25) is 0 Å². The van der Waals surface area contributed by atoms with E-state index in [2.05, 4.69) is 13.8 Å². The van der Waals surface area contributed by atoms with Crippen LogP contribution in [0.3, 0.4) is 0 Å². The molecule has 0 aliphatic carbocycles. The van der Waals surface area contributed by atoms with Crippen molar-refractivity contribution in [1.29, 1.82) is 0 Å². The molecular formula is C26H52O4. The summed E-state index contributed by atoms with van der Waals surface area (Å²) in [7, 11) is 0. The molecule has 0 aliphatic heterocycles. The Hall–Kier alpha value is -0.610. The van der Waals surface area contributed by atoms with Gasteiger partial charge in [-0.2, -0.15) is 0 Å². The van der Waals surface area contributed by atoms with E-state index >= 15 is 0 Å². The van der Waals surface area contributed by atoms with Crippen LogP contribution in [0, 0.1) is 0 Å². The summed E-state index contributed by atoms with van der Waals surface area (Å²) in [5, 5.41) is 9.37. The van der Waals surface area contributed by atoms with Crippen molar-refractivity contribution >= 4 is 5.97 Å². The number of carbonyl (C=O) groups excluding carboxylic acids is 1. The number of rotatable bonds is 24. The van der Waals surface area contributed by atoms with Gasteiger partial charge in [0.25, 0.3) is 0 Å². The van der Waals surface area contributed by atoms with Gasteiger partial charge in [-0.05, 0) is 12.8 Å². The van der Waals surface area contributed by atoms with E-state index in [1.165, 1.54) is 96.3 Å². The van der Waals surface area contributed by atoms with Crippen LogP contribution < -0.4 is 0 Å². The zero-order valence-electron chi connectivity index (χ0n) is 20.3. The van der Waals surface area contributed by atoms with Gasteiger partial charge < -0.3 is 14.6 Å². The zero-order valence-corrected chi connectivity index (χ0v) is 20.3. The van der Waals surface area contributed by atoms with Crippen LogP contribution in [0.4, 0.5) is 0 Å². The molecule has 0 bridgehead atoms. The maximum Gasteiger partial charge on any atom is 0.306 e. The Bertz CT molecular complexity index is 346. The van der Waals surface area contributed by atoms with Gasteiger partial charge in [-0.15, -0.1) is 0 Å². The highest BCUT2D eigenvalue weighted by Crippen LogP contribution is 2.12. The number of hydrogen-bond donors (Lipinski definition) is 1. The summed E-state index contributed by atoms with van der Waals surface area (Å²) in [5.74, 6) is -0.213. The first-order valence-electron chi connectivity index (χ1n) is 13.1. The maximum absolute atomic E-state index is 11.8. The quantitative estimate of drug-likeness (QED) is 0.129. The lowest BCUT2D eigenvalue weighted by Crippen LogP contribution is -2.27. The Morgan fingerprint density at radius 2 is 1.10 bits per heavy atom. The van der Waals surface area contributed by atoms with Gasteiger partial charge in [0, 0.05) is 13.0 Å². The third kappa shape index (κ3) is 22.1. The van der Waals surface area contributed by atoms with Gasteiger partial charge in [-0.1, -0.05) is 117 Å². The standard InChI is InChI=1S/C26H52O4/c1-3-5-7-9-10-11-12-13-14-15-16-18-20-22-29-24-25(23-27)30-26(28)21-19-17-8-6-4-2/h25,27H,3-24H2,1-2H3. The number of carbonyl (C=O) groups is 1. The van der Waals surface area contributed by atoms with Crippen LogP contribution in [0.15, 0.2) is 0 Å². The third-order valence-electron chi connectivity index (χ3n) is 5.68. The molecule has 0 aromatic carbocycles. The molecule has 0 aromatic rings. The van der Waals surface area contributed by atoms with Crippen LogP contribution in [-0.2, 0) is 14.3 Å². The van der Waals surface area contributed by atoms with Crippen molar-refractivity contribution in [2.45, 2.75) is 142 Å². The first-order valence-corrected chi connectivity index (χ1v) is 13.1. The normalized spacial score (nSPS) is 12.2. The summed E-state index contributed by atoms with van der Waals surface area (Å²) in [4.78, 5) is 11.8. The van der Waals surface area contributed by atoms with Gasteiger partial charge in [0.1, 0.15) is 6.10 Å². The zero-order chi connectivity index (χ0) is 22.1. The lowest BCUT2D eigenvalue weighted by Gasteiger charge is -2.15. The minimum Gasteiger partial charge on any atom is -0.457 e. The molecule has 0 spiro atoms. The van der Waals surface area contributed by atoms with E-state index in [1.807, 2.05) is 0 Å². The fourth-order valence-electron chi connectivity index (χ4n) is 3.68. The highest BCUT2D eigenvalue weighted by Gasteiger charge is 2.13. The number of ether oxygens (including phenoxy) is 2. The SMILES string of the molecule is CCCCCCCCCCCCCCCOCC(CO)OC(=O)CCCCCCC. The number of unbranched alkanes of at least 4 members (excludes halogenated alkanes) is 16. The molecule has 0 rings (SSSR count).